The van der Waals surface area contributed by atoms with Gasteiger partial charge in [0.2, 0.25) is 0 Å². The zero-order valence-corrected chi connectivity index (χ0v) is 12.2. The fourth-order valence-electron chi connectivity index (χ4n) is 2.50. The molecule has 1 aromatic rings. The van der Waals surface area contributed by atoms with Gasteiger partial charge in [-0.2, -0.15) is 0 Å². The van der Waals surface area contributed by atoms with Gasteiger partial charge in [-0.25, -0.2) is 0 Å². The van der Waals surface area contributed by atoms with Crippen LogP contribution in [0, 0.1) is 0 Å². The number of ether oxygens (including phenoxy) is 2. The van der Waals surface area contributed by atoms with E-state index in [2.05, 4.69) is 4.90 Å². The molecule has 20 heavy (non-hydrogen) atoms. The number of hydrogen-bond donors (Lipinski definition) is 1. The van der Waals surface area contributed by atoms with Crippen LogP contribution in [0.2, 0.25) is 0 Å². The van der Waals surface area contributed by atoms with Crippen molar-refractivity contribution >= 4 is 0 Å². The monoisotopic (exact) mass is 278 g/mol. The molecule has 1 heterocycles. The SMILES string of the molecule is NCc1ccccc1OCCOCCN1CCCCC1. The molecule has 1 saturated heterocycles. The van der Waals surface area contributed by atoms with E-state index in [1.165, 1.54) is 32.4 Å². The van der Waals surface area contributed by atoms with Crippen LogP contribution < -0.4 is 10.5 Å². The zero-order valence-electron chi connectivity index (χ0n) is 12.2. The fourth-order valence-corrected chi connectivity index (χ4v) is 2.50. The second-order valence-electron chi connectivity index (χ2n) is 5.17. The predicted molar refractivity (Wildman–Crippen MR) is 80.9 cm³/mol. The van der Waals surface area contributed by atoms with Crippen LogP contribution in [0.3, 0.4) is 0 Å². The number of nitrogens with two attached hydrogens (primary N) is 1. The van der Waals surface area contributed by atoms with Crippen LogP contribution in [0.25, 0.3) is 0 Å². The Morgan fingerprint density at radius 2 is 1.80 bits per heavy atom. The third-order valence-corrected chi connectivity index (χ3v) is 3.68. The van der Waals surface area contributed by atoms with E-state index in [0.29, 0.717) is 19.8 Å². The third kappa shape index (κ3) is 5.12. The van der Waals surface area contributed by atoms with Crippen LogP contribution in [0.5, 0.6) is 5.75 Å². The highest BCUT2D eigenvalue weighted by molar-refractivity contribution is 5.32. The number of hydrogen-bond acceptors (Lipinski definition) is 4. The molecule has 0 aliphatic carbocycles. The number of likely N-dealkylation sites (tertiary alicyclic amines) is 1. The average Bonchev–Trinajstić information content (AvgIpc) is 2.52. The van der Waals surface area contributed by atoms with Crippen molar-refractivity contribution in [1.82, 2.24) is 4.90 Å². The summed E-state index contributed by atoms with van der Waals surface area (Å²) < 4.78 is 11.3. The summed E-state index contributed by atoms with van der Waals surface area (Å²) in [5.74, 6) is 0.870. The lowest BCUT2D eigenvalue weighted by Crippen LogP contribution is -2.32. The van der Waals surface area contributed by atoms with E-state index in [1.807, 2.05) is 24.3 Å². The van der Waals surface area contributed by atoms with E-state index in [1.54, 1.807) is 0 Å². The lowest BCUT2D eigenvalue weighted by atomic mass is 10.1. The molecule has 0 spiro atoms. The quantitative estimate of drug-likeness (QED) is 0.739. The van der Waals surface area contributed by atoms with Gasteiger partial charge in [0.05, 0.1) is 13.2 Å². The van der Waals surface area contributed by atoms with Crippen LogP contribution >= 0.6 is 0 Å². The second-order valence-corrected chi connectivity index (χ2v) is 5.17. The fraction of sp³-hybridized carbons (Fsp3) is 0.625. The van der Waals surface area contributed by atoms with E-state index in [4.69, 9.17) is 15.2 Å². The Kier molecular flexibility index (Phi) is 6.84. The summed E-state index contributed by atoms with van der Waals surface area (Å²) in [6.45, 7) is 6.00. The molecule has 2 N–H and O–H groups in total. The first-order valence-corrected chi connectivity index (χ1v) is 7.61. The number of para-hydroxylation sites is 1. The molecule has 2 rings (SSSR count). The first-order chi connectivity index (χ1) is 9.90. The Morgan fingerprint density at radius 1 is 1.00 bits per heavy atom. The molecular weight excluding hydrogens is 252 g/mol. The first-order valence-electron chi connectivity index (χ1n) is 7.61. The smallest absolute Gasteiger partial charge is 0.123 e. The Balaban J connectivity index is 1.55. The minimum atomic E-state index is 0.506. The summed E-state index contributed by atoms with van der Waals surface area (Å²) >= 11 is 0. The molecule has 1 aliphatic heterocycles. The van der Waals surface area contributed by atoms with Gasteiger partial charge in [-0.3, -0.25) is 0 Å². The van der Waals surface area contributed by atoms with Gasteiger partial charge in [-0.1, -0.05) is 24.6 Å². The maximum Gasteiger partial charge on any atom is 0.123 e. The Hall–Kier alpha value is -1.10. The lowest BCUT2D eigenvalue weighted by Gasteiger charge is -2.26. The Labute approximate surface area is 121 Å². The van der Waals surface area contributed by atoms with Gasteiger partial charge in [0.15, 0.2) is 0 Å². The van der Waals surface area contributed by atoms with Gasteiger partial charge in [0.25, 0.3) is 0 Å². The molecule has 112 valence electrons. The molecule has 0 unspecified atom stereocenters. The van der Waals surface area contributed by atoms with E-state index < -0.39 is 0 Å². The minimum absolute atomic E-state index is 0.506. The molecule has 1 aromatic carbocycles. The summed E-state index contributed by atoms with van der Waals surface area (Å²) in [5, 5.41) is 0. The van der Waals surface area contributed by atoms with Gasteiger partial charge in [-0.15, -0.1) is 0 Å². The van der Waals surface area contributed by atoms with Crippen molar-refractivity contribution in [1.29, 1.82) is 0 Å². The number of rotatable bonds is 8. The zero-order chi connectivity index (χ0) is 14.0. The Morgan fingerprint density at radius 3 is 2.60 bits per heavy atom. The van der Waals surface area contributed by atoms with Crippen molar-refractivity contribution in [3.63, 3.8) is 0 Å². The van der Waals surface area contributed by atoms with Crippen molar-refractivity contribution in [2.45, 2.75) is 25.8 Å². The van der Waals surface area contributed by atoms with Gasteiger partial charge < -0.3 is 20.1 Å². The normalized spacial score (nSPS) is 16.2. The maximum atomic E-state index is 5.70. The van der Waals surface area contributed by atoms with E-state index >= 15 is 0 Å². The van der Waals surface area contributed by atoms with Crippen LogP contribution in [0.1, 0.15) is 24.8 Å². The van der Waals surface area contributed by atoms with Crippen molar-refractivity contribution in [2.75, 3.05) is 39.5 Å². The molecule has 0 saturated carbocycles. The van der Waals surface area contributed by atoms with Crippen LogP contribution in [-0.2, 0) is 11.3 Å². The van der Waals surface area contributed by atoms with Crippen molar-refractivity contribution in [3.8, 4) is 5.75 Å². The van der Waals surface area contributed by atoms with E-state index in [-0.39, 0.29) is 0 Å². The molecular formula is C16H26N2O2. The van der Waals surface area contributed by atoms with Gasteiger partial charge in [0.1, 0.15) is 12.4 Å². The number of benzene rings is 1. The Bertz CT molecular complexity index is 378. The molecule has 0 atom stereocenters. The lowest BCUT2D eigenvalue weighted by molar-refractivity contribution is 0.0748. The topological polar surface area (TPSA) is 47.7 Å². The van der Waals surface area contributed by atoms with Crippen molar-refractivity contribution < 1.29 is 9.47 Å². The summed E-state index contributed by atoms with van der Waals surface area (Å²) in [4.78, 5) is 2.48. The van der Waals surface area contributed by atoms with Crippen molar-refractivity contribution in [2.24, 2.45) is 5.73 Å². The highest BCUT2D eigenvalue weighted by Gasteiger charge is 2.08. The van der Waals surface area contributed by atoms with Gasteiger partial charge in [0, 0.05) is 18.7 Å². The molecule has 4 heteroatoms. The summed E-state index contributed by atoms with van der Waals surface area (Å²) in [5.41, 5.74) is 6.71. The van der Waals surface area contributed by atoms with Gasteiger partial charge in [-0.05, 0) is 32.0 Å². The number of piperidine rings is 1. The predicted octanol–water partition coefficient (Wildman–Crippen LogP) is 2.03. The molecule has 0 bridgehead atoms. The molecule has 1 fully saturated rings. The highest BCUT2D eigenvalue weighted by Crippen LogP contribution is 2.16. The van der Waals surface area contributed by atoms with E-state index in [9.17, 15) is 0 Å². The molecule has 1 aliphatic rings. The summed E-state index contributed by atoms with van der Waals surface area (Å²) in [7, 11) is 0. The van der Waals surface area contributed by atoms with Crippen LogP contribution in [0.4, 0.5) is 0 Å². The third-order valence-electron chi connectivity index (χ3n) is 3.68. The van der Waals surface area contributed by atoms with Crippen LogP contribution in [-0.4, -0.2) is 44.4 Å². The summed E-state index contributed by atoms with van der Waals surface area (Å²) in [6, 6.07) is 7.89. The van der Waals surface area contributed by atoms with Crippen molar-refractivity contribution in [3.05, 3.63) is 29.8 Å². The second kappa shape index (κ2) is 8.95. The highest BCUT2D eigenvalue weighted by atomic mass is 16.5. The molecule has 4 nitrogen and oxygen atoms in total. The van der Waals surface area contributed by atoms with E-state index in [0.717, 1.165) is 24.5 Å². The molecule has 0 radical (unpaired) electrons. The average molecular weight is 278 g/mol. The van der Waals surface area contributed by atoms with Gasteiger partial charge >= 0.3 is 0 Å². The maximum absolute atomic E-state index is 5.70. The standard InChI is InChI=1S/C16H26N2O2/c17-14-15-6-2-3-7-16(15)20-13-12-19-11-10-18-8-4-1-5-9-18/h2-3,6-7H,1,4-5,8-14,17H2. The summed E-state index contributed by atoms with van der Waals surface area (Å²) in [6.07, 6.45) is 4.05. The minimum Gasteiger partial charge on any atom is -0.491 e. The first kappa shape index (κ1) is 15.3. The largest absolute Gasteiger partial charge is 0.491 e. The molecule has 0 amide bonds. The molecule has 0 aromatic heterocycles. The number of nitrogens with zero attached hydrogens (tertiary/aromatic N) is 1. The van der Waals surface area contributed by atoms with Crippen LogP contribution in [0.15, 0.2) is 24.3 Å².